The van der Waals surface area contributed by atoms with Crippen LogP contribution in [0.1, 0.15) is 39.0 Å². The molecule has 0 radical (unpaired) electrons. The predicted molar refractivity (Wildman–Crippen MR) is 86.9 cm³/mol. The molecule has 2 aromatic rings. The number of pyridine rings is 1. The van der Waals surface area contributed by atoms with Crippen molar-refractivity contribution in [2.24, 2.45) is 0 Å². The average Bonchev–Trinajstić information content (AvgIpc) is 2.58. The molecule has 0 amide bonds. The van der Waals surface area contributed by atoms with E-state index in [0.717, 1.165) is 22.1 Å². The summed E-state index contributed by atoms with van der Waals surface area (Å²) in [7, 11) is -0.346. The summed E-state index contributed by atoms with van der Waals surface area (Å²) in [6.07, 6.45) is 0. The summed E-state index contributed by atoms with van der Waals surface area (Å²) in [6, 6.07) is 8.38. The largest absolute Gasteiger partial charge is 0.495 e. The molecule has 1 aromatic heterocycles. The number of hydrogen-bond donors (Lipinski definition) is 0. The van der Waals surface area contributed by atoms with Gasteiger partial charge in [0, 0.05) is 11.1 Å². The first-order chi connectivity index (χ1) is 9.69. The Balaban J connectivity index is 2.15. The van der Waals surface area contributed by atoms with Crippen LogP contribution in [-0.2, 0) is 9.31 Å². The Bertz CT molecular complexity index is 693. The van der Waals surface area contributed by atoms with Gasteiger partial charge in [0.15, 0.2) is 0 Å². The number of aromatic nitrogens is 1. The second kappa shape index (κ2) is 4.55. The Morgan fingerprint density at radius 3 is 2.19 bits per heavy atom. The molecule has 1 aliphatic rings. The van der Waals surface area contributed by atoms with Gasteiger partial charge in [0.1, 0.15) is 0 Å². The number of nitrogens with zero attached hydrogens (tertiary/aromatic N) is 1. The van der Waals surface area contributed by atoms with Gasteiger partial charge in [0.2, 0.25) is 0 Å². The first kappa shape index (κ1) is 14.5. The first-order valence-corrected chi connectivity index (χ1v) is 7.43. The van der Waals surface area contributed by atoms with Gasteiger partial charge >= 0.3 is 7.12 Å². The molecule has 0 aliphatic carbocycles. The van der Waals surface area contributed by atoms with Crippen molar-refractivity contribution in [3.63, 3.8) is 0 Å². The van der Waals surface area contributed by atoms with Crippen LogP contribution in [-0.4, -0.2) is 23.3 Å². The Labute approximate surface area is 126 Å². The minimum atomic E-state index is -0.346. The third kappa shape index (κ3) is 2.36. The van der Waals surface area contributed by atoms with Crippen molar-refractivity contribution in [2.45, 2.75) is 52.7 Å². The molecule has 1 saturated heterocycles. The first-order valence-electron chi connectivity index (χ1n) is 7.43. The second-order valence-electron chi connectivity index (χ2n) is 6.96. The maximum absolute atomic E-state index is 6.20. The zero-order valence-electron chi connectivity index (χ0n) is 13.7. The number of benzene rings is 1. The van der Waals surface area contributed by atoms with E-state index >= 15 is 0 Å². The minimum Gasteiger partial charge on any atom is -0.399 e. The molecule has 4 heteroatoms. The van der Waals surface area contributed by atoms with Crippen LogP contribution in [0.25, 0.3) is 10.9 Å². The zero-order valence-corrected chi connectivity index (χ0v) is 13.7. The highest BCUT2D eigenvalue weighted by molar-refractivity contribution is 6.65. The van der Waals surface area contributed by atoms with Gasteiger partial charge in [-0.1, -0.05) is 17.7 Å². The number of aryl methyl sites for hydroxylation is 2. The van der Waals surface area contributed by atoms with Gasteiger partial charge in [-0.2, -0.15) is 0 Å². The lowest BCUT2D eigenvalue weighted by Crippen LogP contribution is -2.41. The van der Waals surface area contributed by atoms with Gasteiger partial charge in [0.25, 0.3) is 0 Å². The molecule has 0 saturated carbocycles. The summed E-state index contributed by atoms with van der Waals surface area (Å²) in [5, 5.41) is 1.11. The lowest BCUT2D eigenvalue weighted by atomic mass is 9.76. The maximum atomic E-state index is 6.20. The number of hydrogen-bond acceptors (Lipinski definition) is 3. The topological polar surface area (TPSA) is 31.4 Å². The van der Waals surface area contributed by atoms with E-state index in [0.29, 0.717) is 0 Å². The van der Waals surface area contributed by atoms with Crippen molar-refractivity contribution in [3.05, 3.63) is 35.5 Å². The molecule has 21 heavy (non-hydrogen) atoms. The summed E-state index contributed by atoms with van der Waals surface area (Å²) in [5.41, 5.74) is 3.60. The third-order valence-electron chi connectivity index (χ3n) is 4.63. The highest BCUT2D eigenvalue weighted by atomic mass is 16.7. The Kier molecular flexibility index (Phi) is 3.15. The Morgan fingerprint density at radius 2 is 1.57 bits per heavy atom. The number of fused-ring (bicyclic) bond motifs is 1. The molecule has 1 fully saturated rings. The predicted octanol–water partition coefficient (Wildman–Crippen LogP) is 3.15. The van der Waals surface area contributed by atoms with Crippen LogP contribution < -0.4 is 5.46 Å². The molecule has 0 N–H and O–H groups in total. The van der Waals surface area contributed by atoms with Crippen molar-refractivity contribution < 1.29 is 9.31 Å². The highest BCUT2D eigenvalue weighted by Gasteiger charge is 2.52. The van der Waals surface area contributed by atoms with E-state index in [-0.39, 0.29) is 18.3 Å². The van der Waals surface area contributed by atoms with Crippen molar-refractivity contribution in [3.8, 4) is 0 Å². The molecule has 0 atom stereocenters. The summed E-state index contributed by atoms with van der Waals surface area (Å²) in [5.74, 6) is 0. The maximum Gasteiger partial charge on any atom is 0.495 e. The van der Waals surface area contributed by atoms with E-state index in [1.807, 2.05) is 6.92 Å². The van der Waals surface area contributed by atoms with Crippen LogP contribution in [0.3, 0.4) is 0 Å². The van der Waals surface area contributed by atoms with Crippen LogP contribution >= 0.6 is 0 Å². The molecule has 0 spiro atoms. The fourth-order valence-corrected chi connectivity index (χ4v) is 2.67. The lowest BCUT2D eigenvalue weighted by molar-refractivity contribution is 0.00578. The normalized spacial score (nSPS) is 20.2. The third-order valence-corrected chi connectivity index (χ3v) is 4.63. The quantitative estimate of drug-likeness (QED) is 0.753. The van der Waals surface area contributed by atoms with Gasteiger partial charge < -0.3 is 9.31 Å². The van der Waals surface area contributed by atoms with Crippen molar-refractivity contribution in [1.82, 2.24) is 4.98 Å². The standard InChI is InChI=1S/C17H22BNO2/c1-11-7-8-15-13(9-11)14(10-12(2)19-15)18-20-16(3,4)17(5,6)21-18/h7-10H,1-6H3. The SMILES string of the molecule is Cc1ccc2nc(C)cc(B3OC(C)(C)C(C)(C)O3)c2c1. The van der Waals surface area contributed by atoms with Gasteiger partial charge in [-0.15, -0.1) is 0 Å². The lowest BCUT2D eigenvalue weighted by Gasteiger charge is -2.32. The molecular formula is C17H22BNO2. The Morgan fingerprint density at radius 1 is 0.952 bits per heavy atom. The van der Waals surface area contributed by atoms with E-state index < -0.39 is 0 Å². The summed E-state index contributed by atoms with van der Waals surface area (Å²) >= 11 is 0. The molecule has 3 nitrogen and oxygen atoms in total. The van der Waals surface area contributed by atoms with E-state index in [2.05, 4.69) is 63.9 Å². The molecule has 1 aromatic carbocycles. The molecule has 0 bridgehead atoms. The van der Waals surface area contributed by atoms with E-state index in [4.69, 9.17) is 9.31 Å². The number of rotatable bonds is 1. The summed E-state index contributed by atoms with van der Waals surface area (Å²) in [4.78, 5) is 4.61. The fraction of sp³-hybridized carbons (Fsp3) is 0.471. The smallest absolute Gasteiger partial charge is 0.399 e. The molecule has 110 valence electrons. The van der Waals surface area contributed by atoms with E-state index in [9.17, 15) is 0 Å². The van der Waals surface area contributed by atoms with Gasteiger partial charge in [-0.05, 0) is 59.1 Å². The molecule has 1 aliphatic heterocycles. The van der Waals surface area contributed by atoms with Crippen LogP contribution in [0.4, 0.5) is 0 Å². The van der Waals surface area contributed by atoms with Crippen molar-refractivity contribution >= 4 is 23.5 Å². The van der Waals surface area contributed by atoms with Gasteiger partial charge in [0.05, 0.1) is 16.7 Å². The minimum absolute atomic E-state index is 0.328. The van der Waals surface area contributed by atoms with Crippen LogP contribution in [0.5, 0.6) is 0 Å². The Hall–Kier alpha value is -1.39. The molecule has 3 rings (SSSR count). The van der Waals surface area contributed by atoms with Crippen molar-refractivity contribution in [2.75, 3.05) is 0 Å². The van der Waals surface area contributed by atoms with Gasteiger partial charge in [-0.25, -0.2) is 0 Å². The molecule has 2 heterocycles. The second-order valence-corrected chi connectivity index (χ2v) is 6.96. The van der Waals surface area contributed by atoms with Crippen LogP contribution in [0, 0.1) is 13.8 Å². The monoisotopic (exact) mass is 283 g/mol. The summed E-state index contributed by atoms with van der Waals surface area (Å²) < 4.78 is 12.4. The fourth-order valence-electron chi connectivity index (χ4n) is 2.67. The van der Waals surface area contributed by atoms with Gasteiger partial charge in [-0.3, -0.25) is 4.98 Å². The average molecular weight is 283 g/mol. The molecular weight excluding hydrogens is 261 g/mol. The van der Waals surface area contributed by atoms with E-state index in [1.54, 1.807) is 0 Å². The van der Waals surface area contributed by atoms with Crippen LogP contribution in [0.2, 0.25) is 0 Å². The summed E-state index contributed by atoms with van der Waals surface area (Å²) in [6.45, 7) is 12.4. The van der Waals surface area contributed by atoms with E-state index in [1.165, 1.54) is 5.56 Å². The van der Waals surface area contributed by atoms with Crippen LogP contribution in [0.15, 0.2) is 24.3 Å². The zero-order chi connectivity index (χ0) is 15.4. The molecule has 0 unspecified atom stereocenters. The highest BCUT2D eigenvalue weighted by Crippen LogP contribution is 2.37. The van der Waals surface area contributed by atoms with Crippen molar-refractivity contribution in [1.29, 1.82) is 0 Å².